The number of nitrogens with one attached hydrogen (secondary N) is 1. The predicted octanol–water partition coefficient (Wildman–Crippen LogP) is 1.23. The normalized spacial score (nSPS) is 23.9. The molecule has 100 valence electrons. The van der Waals surface area contributed by atoms with E-state index in [0.29, 0.717) is 18.3 Å². The Morgan fingerprint density at radius 1 is 1.44 bits per heavy atom. The number of hydrogen-bond donors (Lipinski definition) is 2. The first-order valence-electron chi connectivity index (χ1n) is 6.68. The summed E-state index contributed by atoms with van der Waals surface area (Å²) < 4.78 is 1.64. The van der Waals surface area contributed by atoms with Gasteiger partial charge in [-0.05, 0) is 38.5 Å². The molecule has 0 aliphatic heterocycles. The summed E-state index contributed by atoms with van der Waals surface area (Å²) >= 11 is 0. The minimum Gasteiger partial charge on any atom is -0.393 e. The second-order valence-corrected chi connectivity index (χ2v) is 4.92. The molecule has 5 nitrogen and oxygen atoms in total. The van der Waals surface area contributed by atoms with E-state index in [1.807, 2.05) is 6.92 Å². The molecule has 0 unspecified atom stereocenters. The zero-order valence-electron chi connectivity index (χ0n) is 10.8. The van der Waals surface area contributed by atoms with Gasteiger partial charge in [0.05, 0.1) is 6.10 Å². The van der Waals surface area contributed by atoms with E-state index in [4.69, 9.17) is 0 Å². The van der Waals surface area contributed by atoms with Crippen LogP contribution in [0.5, 0.6) is 0 Å². The van der Waals surface area contributed by atoms with Crippen LogP contribution in [0.25, 0.3) is 0 Å². The van der Waals surface area contributed by atoms with Crippen LogP contribution in [0.3, 0.4) is 0 Å². The molecule has 1 aromatic rings. The van der Waals surface area contributed by atoms with Gasteiger partial charge >= 0.3 is 0 Å². The summed E-state index contributed by atoms with van der Waals surface area (Å²) in [6, 6.07) is 0. The highest BCUT2D eigenvalue weighted by atomic mass is 16.3. The molecule has 0 saturated heterocycles. The summed E-state index contributed by atoms with van der Waals surface area (Å²) in [6.45, 7) is 3.36. The fraction of sp³-hybridized carbons (Fsp3) is 0.692. The van der Waals surface area contributed by atoms with Crippen molar-refractivity contribution in [1.82, 2.24) is 9.55 Å². The smallest absolute Gasteiger partial charge is 0.293 e. The molecular weight excluding hydrogens is 230 g/mol. The van der Waals surface area contributed by atoms with Crippen molar-refractivity contribution in [2.24, 2.45) is 5.92 Å². The van der Waals surface area contributed by atoms with E-state index in [0.717, 1.165) is 32.2 Å². The Kier molecular flexibility index (Phi) is 4.36. The first-order chi connectivity index (χ1) is 8.70. The van der Waals surface area contributed by atoms with Gasteiger partial charge < -0.3 is 15.0 Å². The molecule has 18 heavy (non-hydrogen) atoms. The van der Waals surface area contributed by atoms with Crippen molar-refractivity contribution in [3.05, 3.63) is 22.7 Å². The first-order valence-corrected chi connectivity index (χ1v) is 6.68. The average Bonchev–Trinajstić information content (AvgIpc) is 2.39. The molecule has 0 atom stereocenters. The van der Waals surface area contributed by atoms with Crippen LogP contribution in [-0.2, 0) is 6.54 Å². The molecule has 0 amide bonds. The molecule has 2 N–H and O–H groups in total. The lowest BCUT2D eigenvalue weighted by molar-refractivity contribution is 0.111. The Morgan fingerprint density at radius 2 is 2.17 bits per heavy atom. The lowest BCUT2D eigenvalue weighted by atomic mass is 9.87. The van der Waals surface area contributed by atoms with Gasteiger partial charge in [-0.3, -0.25) is 4.79 Å². The summed E-state index contributed by atoms with van der Waals surface area (Å²) in [4.78, 5) is 16.0. The third-order valence-corrected chi connectivity index (χ3v) is 3.63. The molecule has 0 radical (unpaired) electrons. The summed E-state index contributed by atoms with van der Waals surface area (Å²) in [5.41, 5.74) is -0.0594. The standard InChI is InChI=1S/C13H21N3O2/c1-2-16-8-7-14-12(13(16)18)15-9-10-3-5-11(17)6-4-10/h7-8,10-11,17H,2-6,9H2,1H3,(H,14,15). The molecule has 0 aromatic carbocycles. The SMILES string of the molecule is CCn1ccnc(NCC2CCC(O)CC2)c1=O. The van der Waals surface area contributed by atoms with Gasteiger partial charge in [0.15, 0.2) is 5.82 Å². The molecule has 1 aromatic heterocycles. The van der Waals surface area contributed by atoms with Crippen molar-refractivity contribution in [1.29, 1.82) is 0 Å². The van der Waals surface area contributed by atoms with Crippen molar-refractivity contribution < 1.29 is 5.11 Å². The molecule has 5 heteroatoms. The van der Waals surface area contributed by atoms with E-state index < -0.39 is 0 Å². The van der Waals surface area contributed by atoms with Crippen molar-refractivity contribution in [3.63, 3.8) is 0 Å². The van der Waals surface area contributed by atoms with E-state index in [1.54, 1.807) is 17.0 Å². The quantitative estimate of drug-likeness (QED) is 0.844. The highest BCUT2D eigenvalue weighted by Gasteiger charge is 2.19. The maximum Gasteiger partial charge on any atom is 0.293 e. The monoisotopic (exact) mass is 251 g/mol. The Hall–Kier alpha value is -1.36. The van der Waals surface area contributed by atoms with Gasteiger partial charge in [0.25, 0.3) is 5.56 Å². The van der Waals surface area contributed by atoms with Crippen LogP contribution in [-0.4, -0.2) is 27.3 Å². The number of rotatable bonds is 4. The number of aliphatic hydroxyl groups excluding tert-OH is 1. The molecule has 1 aliphatic rings. The molecule has 2 rings (SSSR count). The Labute approximate surface area is 107 Å². The average molecular weight is 251 g/mol. The fourth-order valence-corrected chi connectivity index (χ4v) is 2.41. The van der Waals surface area contributed by atoms with Gasteiger partial charge in [0.2, 0.25) is 0 Å². The number of nitrogens with zero attached hydrogens (tertiary/aromatic N) is 2. The largest absolute Gasteiger partial charge is 0.393 e. The fourth-order valence-electron chi connectivity index (χ4n) is 2.41. The number of hydrogen-bond acceptors (Lipinski definition) is 4. The molecular formula is C13H21N3O2. The van der Waals surface area contributed by atoms with E-state index >= 15 is 0 Å². The number of aromatic nitrogens is 2. The Bertz CT molecular complexity index is 436. The lowest BCUT2D eigenvalue weighted by Crippen LogP contribution is -2.28. The van der Waals surface area contributed by atoms with Gasteiger partial charge in [-0.25, -0.2) is 4.98 Å². The molecule has 1 saturated carbocycles. The summed E-state index contributed by atoms with van der Waals surface area (Å²) in [5.74, 6) is 0.968. The van der Waals surface area contributed by atoms with Gasteiger partial charge in [-0.2, -0.15) is 0 Å². The maximum atomic E-state index is 11.9. The predicted molar refractivity (Wildman–Crippen MR) is 70.6 cm³/mol. The molecule has 0 spiro atoms. The molecule has 1 aliphatic carbocycles. The van der Waals surface area contributed by atoms with Crippen molar-refractivity contribution >= 4 is 5.82 Å². The Balaban J connectivity index is 1.92. The molecule has 1 fully saturated rings. The van der Waals surface area contributed by atoms with E-state index in [1.165, 1.54) is 0 Å². The summed E-state index contributed by atoms with van der Waals surface area (Å²) in [7, 11) is 0. The lowest BCUT2D eigenvalue weighted by Gasteiger charge is -2.25. The first kappa shape index (κ1) is 13.1. The van der Waals surface area contributed by atoms with Gasteiger partial charge in [-0.1, -0.05) is 0 Å². The van der Waals surface area contributed by atoms with Crippen LogP contribution < -0.4 is 10.9 Å². The van der Waals surface area contributed by atoms with Crippen LogP contribution in [0, 0.1) is 5.92 Å². The number of anilines is 1. The minimum absolute atomic E-state index is 0.0594. The minimum atomic E-state index is -0.131. The highest BCUT2D eigenvalue weighted by molar-refractivity contribution is 5.30. The van der Waals surface area contributed by atoms with Gasteiger partial charge in [0, 0.05) is 25.5 Å². The van der Waals surface area contributed by atoms with Crippen molar-refractivity contribution in [3.8, 4) is 0 Å². The zero-order valence-corrected chi connectivity index (χ0v) is 10.8. The third kappa shape index (κ3) is 3.10. The van der Waals surface area contributed by atoms with Gasteiger partial charge in [-0.15, -0.1) is 0 Å². The van der Waals surface area contributed by atoms with Crippen molar-refractivity contribution in [2.75, 3.05) is 11.9 Å². The number of aryl methyl sites for hydroxylation is 1. The topological polar surface area (TPSA) is 67.2 Å². The van der Waals surface area contributed by atoms with Crippen molar-refractivity contribution in [2.45, 2.75) is 45.3 Å². The van der Waals surface area contributed by atoms with Crippen LogP contribution in [0.15, 0.2) is 17.2 Å². The van der Waals surface area contributed by atoms with Gasteiger partial charge in [0.1, 0.15) is 0 Å². The number of aliphatic hydroxyl groups is 1. The van der Waals surface area contributed by atoms with E-state index in [2.05, 4.69) is 10.3 Å². The molecule has 1 heterocycles. The van der Waals surface area contributed by atoms with E-state index in [9.17, 15) is 9.90 Å². The van der Waals surface area contributed by atoms with Crippen LogP contribution in [0.2, 0.25) is 0 Å². The van der Waals surface area contributed by atoms with Crippen LogP contribution >= 0.6 is 0 Å². The molecule has 0 bridgehead atoms. The zero-order chi connectivity index (χ0) is 13.0. The maximum absolute atomic E-state index is 11.9. The van der Waals surface area contributed by atoms with Crippen LogP contribution in [0.4, 0.5) is 5.82 Å². The summed E-state index contributed by atoms with van der Waals surface area (Å²) in [6.07, 6.45) is 6.99. The summed E-state index contributed by atoms with van der Waals surface area (Å²) in [5, 5.41) is 12.6. The Morgan fingerprint density at radius 3 is 2.83 bits per heavy atom. The highest BCUT2D eigenvalue weighted by Crippen LogP contribution is 2.23. The third-order valence-electron chi connectivity index (χ3n) is 3.63. The van der Waals surface area contributed by atoms with Crippen LogP contribution in [0.1, 0.15) is 32.6 Å². The second kappa shape index (κ2) is 6.00. The van der Waals surface area contributed by atoms with E-state index in [-0.39, 0.29) is 11.7 Å². The second-order valence-electron chi connectivity index (χ2n) is 4.92.